The highest BCUT2D eigenvalue weighted by Gasteiger charge is 2.62. The van der Waals surface area contributed by atoms with Crippen molar-refractivity contribution in [1.82, 2.24) is 0 Å². The minimum Gasteiger partial charge on any atom is -0.321 e. The average Bonchev–Trinajstić information content (AvgIpc) is 3.22. The molecule has 2 bridgehead atoms. The second kappa shape index (κ2) is 8.64. The minimum absolute atomic E-state index is 0.0569. The van der Waals surface area contributed by atoms with Gasteiger partial charge in [-0.1, -0.05) is 72.8 Å². The minimum atomic E-state index is -4.68. The molecule has 1 fully saturated rings. The highest BCUT2D eigenvalue weighted by atomic mass is 19.4. The van der Waals surface area contributed by atoms with Crippen molar-refractivity contribution in [3.63, 3.8) is 0 Å². The second-order valence-corrected chi connectivity index (χ2v) is 10.3. The zero-order chi connectivity index (χ0) is 27.8. The summed E-state index contributed by atoms with van der Waals surface area (Å²) in [6.45, 7) is 0. The summed E-state index contributed by atoms with van der Waals surface area (Å²) in [7, 11) is 0. The van der Waals surface area contributed by atoms with Gasteiger partial charge in [0.05, 0.1) is 34.3 Å². The van der Waals surface area contributed by atoms with E-state index in [0.29, 0.717) is 0 Å². The van der Waals surface area contributed by atoms with Crippen molar-refractivity contribution in [2.75, 3.05) is 10.2 Å². The van der Waals surface area contributed by atoms with Gasteiger partial charge in [-0.05, 0) is 46.5 Å². The van der Waals surface area contributed by atoms with Crippen LogP contribution in [-0.2, 0) is 15.8 Å². The van der Waals surface area contributed by atoms with E-state index < -0.39 is 47.0 Å². The topological polar surface area (TPSA) is 66.5 Å². The van der Waals surface area contributed by atoms with Crippen LogP contribution in [0.3, 0.4) is 0 Å². The molecular formula is C32H21F3N2O3. The van der Waals surface area contributed by atoms with Gasteiger partial charge in [-0.15, -0.1) is 0 Å². The molecule has 8 rings (SSSR count). The first kappa shape index (κ1) is 24.3. The van der Waals surface area contributed by atoms with Crippen LogP contribution in [0.25, 0.3) is 0 Å². The number of imide groups is 1. The van der Waals surface area contributed by atoms with Crippen LogP contribution in [0, 0.1) is 11.8 Å². The third-order valence-electron chi connectivity index (χ3n) is 8.32. The van der Waals surface area contributed by atoms with E-state index in [1.54, 1.807) is 12.1 Å². The number of benzene rings is 4. The Labute approximate surface area is 227 Å². The van der Waals surface area contributed by atoms with Gasteiger partial charge in [0.15, 0.2) is 0 Å². The Morgan fingerprint density at radius 1 is 0.650 bits per heavy atom. The molecule has 3 aliphatic carbocycles. The molecule has 1 N–H and O–H groups in total. The number of amides is 3. The van der Waals surface area contributed by atoms with Crippen LogP contribution in [0.5, 0.6) is 0 Å². The van der Waals surface area contributed by atoms with Crippen molar-refractivity contribution in [2.45, 2.75) is 18.0 Å². The van der Waals surface area contributed by atoms with Gasteiger partial charge in [-0.2, -0.15) is 13.2 Å². The first-order valence-electron chi connectivity index (χ1n) is 12.9. The number of anilines is 2. The summed E-state index contributed by atoms with van der Waals surface area (Å²) in [4.78, 5) is 42.6. The number of carbonyl (C=O) groups excluding carboxylic acids is 3. The van der Waals surface area contributed by atoms with Gasteiger partial charge >= 0.3 is 6.18 Å². The summed E-state index contributed by atoms with van der Waals surface area (Å²) in [5, 5.41) is 2.34. The summed E-state index contributed by atoms with van der Waals surface area (Å²) < 4.78 is 40.7. The predicted octanol–water partition coefficient (Wildman–Crippen LogP) is 6.35. The molecule has 4 aromatic rings. The number of carbonyl (C=O) groups is 3. The molecule has 1 saturated heterocycles. The Morgan fingerprint density at radius 2 is 1.10 bits per heavy atom. The Morgan fingerprint density at radius 3 is 1.62 bits per heavy atom. The third-order valence-corrected chi connectivity index (χ3v) is 8.32. The Kier molecular flexibility index (Phi) is 5.26. The molecule has 5 nitrogen and oxygen atoms in total. The third kappa shape index (κ3) is 3.38. The lowest BCUT2D eigenvalue weighted by molar-refractivity contribution is -0.137. The molecular weight excluding hydrogens is 517 g/mol. The molecule has 8 heteroatoms. The predicted molar refractivity (Wildman–Crippen MR) is 142 cm³/mol. The standard InChI is InChI=1S/C32H21F3N2O3/c33-32(34,35)22-14-6-7-15-23(22)36-29(38)21-13-5-8-16-24(21)37-30(39)27-25-17-9-1-2-10-18(17)26(28(27)31(37)40)20-12-4-3-11-19(20)25/h1-16,25-28H,(H,36,38)/t25?,26?,27-,28-/m0/s1. The van der Waals surface area contributed by atoms with Crippen LogP contribution in [0.1, 0.15) is 50.0 Å². The number of rotatable bonds is 3. The van der Waals surface area contributed by atoms with Crippen molar-refractivity contribution in [2.24, 2.45) is 11.8 Å². The molecule has 0 unspecified atom stereocenters. The Hall–Kier alpha value is -4.72. The number of para-hydroxylation sites is 2. The molecule has 4 aliphatic rings. The number of halogens is 3. The maximum absolute atomic E-state index is 14.1. The number of hydrogen-bond donors (Lipinski definition) is 1. The average molecular weight is 539 g/mol. The van der Waals surface area contributed by atoms with Crippen molar-refractivity contribution in [1.29, 1.82) is 0 Å². The molecule has 0 aromatic heterocycles. The summed E-state index contributed by atoms with van der Waals surface area (Å²) in [6.07, 6.45) is -4.68. The van der Waals surface area contributed by atoms with Crippen LogP contribution in [-0.4, -0.2) is 17.7 Å². The van der Waals surface area contributed by atoms with Crippen LogP contribution in [0.15, 0.2) is 97.1 Å². The fraction of sp³-hybridized carbons (Fsp3) is 0.156. The van der Waals surface area contributed by atoms with E-state index in [1.807, 2.05) is 48.5 Å². The fourth-order valence-corrected chi connectivity index (χ4v) is 6.80. The van der Waals surface area contributed by atoms with Gasteiger partial charge < -0.3 is 5.32 Å². The van der Waals surface area contributed by atoms with E-state index in [1.165, 1.54) is 24.3 Å². The summed E-state index contributed by atoms with van der Waals surface area (Å²) in [6, 6.07) is 26.4. The van der Waals surface area contributed by atoms with Gasteiger partial charge in [-0.3, -0.25) is 14.4 Å². The van der Waals surface area contributed by atoms with Crippen molar-refractivity contribution >= 4 is 29.1 Å². The Bertz CT molecular complexity index is 1620. The lowest BCUT2D eigenvalue weighted by Crippen LogP contribution is -2.41. The van der Waals surface area contributed by atoms with E-state index in [-0.39, 0.29) is 23.1 Å². The van der Waals surface area contributed by atoms with Crippen LogP contribution < -0.4 is 10.2 Å². The zero-order valence-electron chi connectivity index (χ0n) is 20.9. The van der Waals surface area contributed by atoms with Gasteiger partial charge in [-0.25, -0.2) is 4.90 Å². The van der Waals surface area contributed by atoms with Crippen LogP contribution in [0.4, 0.5) is 24.5 Å². The molecule has 198 valence electrons. The summed E-state index contributed by atoms with van der Waals surface area (Å²) in [5.74, 6) is -3.60. The molecule has 4 aromatic carbocycles. The molecule has 0 radical (unpaired) electrons. The molecule has 1 heterocycles. The first-order valence-corrected chi connectivity index (χ1v) is 12.9. The number of nitrogens with one attached hydrogen (secondary N) is 1. The number of hydrogen-bond acceptors (Lipinski definition) is 3. The lowest BCUT2D eigenvalue weighted by atomic mass is 9.55. The molecule has 0 saturated carbocycles. The molecule has 0 spiro atoms. The molecule has 2 atom stereocenters. The molecule has 3 amide bonds. The van der Waals surface area contributed by atoms with E-state index >= 15 is 0 Å². The summed E-state index contributed by atoms with van der Waals surface area (Å²) >= 11 is 0. The number of nitrogens with zero attached hydrogens (tertiary/aromatic N) is 1. The normalized spacial score (nSPS) is 22.5. The fourth-order valence-electron chi connectivity index (χ4n) is 6.80. The lowest BCUT2D eigenvalue weighted by Gasteiger charge is -2.45. The van der Waals surface area contributed by atoms with Gasteiger partial charge in [0.25, 0.3) is 5.91 Å². The van der Waals surface area contributed by atoms with Gasteiger partial charge in [0.1, 0.15) is 0 Å². The maximum atomic E-state index is 14.1. The highest BCUT2D eigenvalue weighted by molar-refractivity contribution is 6.26. The second-order valence-electron chi connectivity index (χ2n) is 10.3. The van der Waals surface area contributed by atoms with E-state index in [2.05, 4.69) is 5.32 Å². The smallest absolute Gasteiger partial charge is 0.321 e. The van der Waals surface area contributed by atoms with Gasteiger partial charge in [0, 0.05) is 11.8 Å². The van der Waals surface area contributed by atoms with Gasteiger partial charge in [0.2, 0.25) is 11.8 Å². The van der Waals surface area contributed by atoms with Crippen molar-refractivity contribution < 1.29 is 27.6 Å². The summed E-state index contributed by atoms with van der Waals surface area (Å²) in [5.41, 5.74) is 2.66. The zero-order valence-corrected chi connectivity index (χ0v) is 20.9. The maximum Gasteiger partial charge on any atom is 0.418 e. The monoisotopic (exact) mass is 538 g/mol. The SMILES string of the molecule is O=C(Nc1ccccc1C(F)(F)F)c1ccccc1N1C(=O)[C@H]2C3c4ccccc4C(c4ccccc43)[C@@H]2C1=O. The van der Waals surface area contributed by atoms with Crippen molar-refractivity contribution in [3.05, 3.63) is 130 Å². The molecule has 1 aliphatic heterocycles. The highest BCUT2D eigenvalue weighted by Crippen LogP contribution is 2.61. The van der Waals surface area contributed by atoms with Crippen LogP contribution >= 0.6 is 0 Å². The van der Waals surface area contributed by atoms with Crippen molar-refractivity contribution in [3.8, 4) is 0 Å². The molecule has 40 heavy (non-hydrogen) atoms. The quantitative estimate of drug-likeness (QED) is 0.309. The Balaban J connectivity index is 1.30. The van der Waals surface area contributed by atoms with E-state index in [0.717, 1.165) is 39.3 Å². The largest absolute Gasteiger partial charge is 0.418 e. The number of alkyl halides is 3. The van der Waals surface area contributed by atoms with E-state index in [4.69, 9.17) is 0 Å². The van der Waals surface area contributed by atoms with E-state index in [9.17, 15) is 27.6 Å². The first-order chi connectivity index (χ1) is 19.3. The van der Waals surface area contributed by atoms with Crippen LogP contribution in [0.2, 0.25) is 0 Å².